The Morgan fingerprint density at radius 2 is 2.05 bits per heavy atom. The van der Waals surface area contributed by atoms with Crippen LogP contribution in [0.5, 0.6) is 0 Å². The van der Waals surface area contributed by atoms with Gasteiger partial charge >= 0.3 is 0 Å². The van der Waals surface area contributed by atoms with Crippen LogP contribution >= 0.6 is 0 Å². The maximum Gasteiger partial charge on any atom is 0.193 e. The molecule has 2 aromatic heterocycles. The Morgan fingerprint density at radius 3 is 2.63 bits per heavy atom. The Kier molecular flexibility index (Phi) is 4.47. The molecule has 0 aromatic carbocycles. The van der Waals surface area contributed by atoms with Crippen molar-refractivity contribution >= 4 is 5.78 Å². The number of likely N-dealkylation sites (N-methyl/N-ethyl adjacent to an activating group) is 1. The van der Waals surface area contributed by atoms with Gasteiger partial charge in [0.15, 0.2) is 5.78 Å². The minimum Gasteiger partial charge on any atom is -0.348 e. The largest absolute Gasteiger partial charge is 0.348 e. The number of hydrogen-bond donors (Lipinski definition) is 0. The number of aromatic nitrogens is 2. The lowest BCUT2D eigenvalue weighted by molar-refractivity contribution is 0.0921. The van der Waals surface area contributed by atoms with Crippen molar-refractivity contribution in [1.82, 2.24) is 14.5 Å². The van der Waals surface area contributed by atoms with E-state index in [0.29, 0.717) is 6.54 Å². The molecule has 100 valence electrons. The van der Waals surface area contributed by atoms with Crippen LogP contribution in [0.25, 0.3) is 0 Å². The Morgan fingerprint density at radius 1 is 1.32 bits per heavy atom. The van der Waals surface area contributed by atoms with Crippen molar-refractivity contribution in [3.63, 3.8) is 0 Å². The summed E-state index contributed by atoms with van der Waals surface area (Å²) in [4.78, 5) is 18.3. The Balaban J connectivity index is 2.00. The Bertz CT molecular complexity index is 533. The molecule has 19 heavy (non-hydrogen) atoms. The van der Waals surface area contributed by atoms with Crippen LogP contribution in [-0.2, 0) is 13.6 Å². The molecule has 0 aliphatic carbocycles. The van der Waals surface area contributed by atoms with Crippen molar-refractivity contribution < 1.29 is 4.79 Å². The fraction of sp³-hybridized carbons (Fsp3) is 0.333. The molecule has 4 heteroatoms. The zero-order valence-corrected chi connectivity index (χ0v) is 11.4. The molecule has 0 atom stereocenters. The predicted molar refractivity (Wildman–Crippen MR) is 74.9 cm³/mol. The third-order valence-electron chi connectivity index (χ3n) is 3.20. The molecule has 0 bridgehead atoms. The smallest absolute Gasteiger partial charge is 0.193 e. The standard InChI is InChI=1S/C15H19N3O/c1-3-18(11-13-6-8-16-9-7-13)12-15(19)14-5-4-10-17(14)2/h4-10H,3,11-12H2,1-2H3. The number of hydrogen-bond acceptors (Lipinski definition) is 3. The highest BCUT2D eigenvalue weighted by Crippen LogP contribution is 2.06. The van der Waals surface area contributed by atoms with Gasteiger partial charge in [0.25, 0.3) is 0 Å². The molecule has 2 aromatic rings. The SMILES string of the molecule is CCN(CC(=O)c1cccn1C)Cc1ccncc1. The van der Waals surface area contributed by atoms with Crippen LogP contribution < -0.4 is 0 Å². The molecule has 2 heterocycles. The Hall–Kier alpha value is -1.94. The quantitative estimate of drug-likeness (QED) is 0.744. The maximum atomic E-state index is 12.2. The minimum atomic E-state index is 0.156. The van der Waals surface area contributed by atoms with E-state index in [-0.39, 0.29) is 5.78 Å². The fourth-order valence-corrected chi connectivity index (χ4v) is 2.06. The van der Waals surface area contributed by atoms with E-state index < -0.39 is 0 Å². The summed E-state index contributed by atoms with van der Waals surface area (Å²) in [5.74, 6) is 0.156. The highest BCUT2D eigenvalue weighted by molar-refractivity contribution is 5.96. The van der Waals surface area contributed by atoms with Gasteiger partial charge in [-0.25, -0.2) is 0 Å². The van der Waals surface area contributed by atoms with E-state index in [4.69, 9.17) is 0 Å². The van der Waals surface area contributed by atoms with Crippen LogP contribution in [0.1, 0.15) is 23.0 Å². The van der Waals surface area contributed by atoms with E-state index in [0.717, 1.165) is 18.8 Å². The van der Waals surface area contributed by atoms with Gasteiger partial charge in [-0.2, -0.15) is 0 Å². The van der Waals surface area contributed by atoms with Gasteiger partial charge in [0, 0.05) is 32.2 Å². The van der Waals surface area contributed by atoms with Crippen LogP contribution in [0.4, 0.5) is 0 Å². The van der Waals surface area contributed by atoms with E-state index in [2.05, 4.69) is 16.8 Å². The number of rotatable bonds is 6. The van der Waals surface area contributed by atoms with Crippen molar-refractivity contribution in [1.29, 1.82) is 0 Å². The van der Waals surface area contributed by atoms with Crippen LogP contribution in [0.15, 0.2) is 42.9 Å². The van der Waals surface area contributed by atoms with Crippen molar-refractivity contribution in [3.05, 3.63) is 54.1 Å². The summed E-state index contributed by atoms with van der Waals surface area (Å²) in [6, 6.07) is 7.72. The van der Waals surface area contributed by atoms with E-state index >= 15 is 0 Å². The lowest BCUT2D eigenvalue weighted by atomic mass is 10.2. The second-order valence-electron chi connectivity index (χ2n) is 4.59. The molecule has 0 aliphatic heterocycles. The molecule has 0 spiro atoms. The molecule has 0 amide bonds. The number of pyridine rings is 1. The summed E-state index contributed by atoms with van der Waals surface area (Å²) in [5.41, 5.74) is 1.93. The first-order chi connectivity index (χ1) is 9.20. The summed E-state index contributed by atoms with van der Waals surface area (Å²) < 4.78 is 1.86. The van der Waals surface area contributed by atoms with Crippen molar-refractivity contribution in [2.24, 2.45) is 7.05 Å². The second kappa shape index (κ2) is 6.29. The number of nitrogens with zero attached hydrogens (tertiary/aromatic N) is 3. The molecule has 0 radical (unpaired) electrons. The predicted octanol–water partition coefficient (Wildman–Crippen LogP) is 2.12. The summed E-state index contributed by atoms with van der Waals surface area (Å²) in [5, 5.41) is 0. The van der Waals surface area contributed by atoms with Gasteiger partial charge in [-0.1, -0.05) is 6.92 Å². The molecule has 2 rings (SSSR count). The van der Waals surface area contributed by atoms with E-state index in [1.165, 1.54) is 5.56 Å². The van der Waals surface area contributed by atoms with E-state index in [9.17, 15) is 4.79 Å². The highest BCUT2D eigenvalue weighted by Gasteiger charge is 2.13. The molecule has 0 N–H and O–H groups in total. The molecule has 0 aliphatic rings. The third-order valence-corrected chi connectivity index (χ3v) is 3.20. The summed E-state index contributed by atoms with van der Waals surface area (Å²) in [6.45, 7) is 4.13. The van der Waals surface area contributed by atoms with E-state index in [1.807, 2.05) is 42.1 Å². The first kappa shape index (κ1) is 13.5. The number of carbonyl (C=O) groups excluding carboxylic acids is 1. The van der Waals surface area contributed by atoms with Crippen LogP contribution in [-0.4, -0.2) is 33.3 Å². The average Bonchev–Trinajstić information content (AvgIpc) is 2.85. The molecule has 0 fully saturated rings. The summed E-state index contributed by atoms with van der Waals surface area (Å²) in [6.07, 6.45) is 5.46. The number of carbonyl (C=O) groups is 1. The van der Waals surface area contributed by atoms with Gasteiger partial charge in [0.2, 0.25) is 0 Å². The minimum absolute atomic E-state index is 0.156. The van der Waals surface area contributed by atoms with Gasteiger partial charge < -0.3 is 4.57 Å². The lowest BCUT2D eigenvalue weighted by Crippen LogP contribution is -2.30. The summed E-state index contributed by atoms with van der Waals surface area (Å²) >= 11 is 0. The molecule has 0 saturated heterocycles. The third kappa shape index (κ3) is 3.51. The monoisotopic (exact) mass is 257 g/mol. The van der Waals surface area contributed by atoms with Gasteiger partial charge in [0.05, 0.1) is 12.2 Å². The number of Topliss-reactive ketones (excluding diaryl/α,β-unsaturated/α-hetero) is 1. The molecule has 0 saturated carbocycles. The topological polar surface area (TPSA) is 38.1 Å². The van der Waals surface area contributed by atoms with Gasteiger partial charge in [-0.3, -0.25) is 14.7 Å². The zero-order chi connectivity index (χ0) is 13.7. The maximum absolute atomic E-state index is 12.2. The van der Waals surface area contributed by atoms with Gasteiger partial charge in [-0.15, -0.1) is 0 Å². The second-order valence-corrected chi connectivity index (χ2v) is 4.59. The number of aryl methyl sites for hydroxylation is 1. The highest BCUT2D eigenvalue weighted by atomic mass is 16.1. The van der Waals surface area contributed by atoms with Crippen molar-refractivity contribution in [3.8, 4) is 0 Å². The molecule has 4 nitrogen and oxygen atoms in total. The summed E-state index contributed by atoms with van der Waals surface area (Å²) in [7, 11) is 1.90. The normalized spacial score (nSPS) is 10.9. The van der Waals surface area contributed by atoms with Crippen LogP contribution in [0.3, 0.4) is 0 Å². The average molecular weight is 257 g/mol. The number of ketones is 1. The molecular formula is C15H19N3O. The van der Waals surface area contributed by atoms with E-state index in [1.54, 1.807) is 12.4 Å². The van der Waals surface area contributed by atoms with Crippen molar-refractivity contribution in [2.45, 2.75) is 13.5 Å². The van der Waals surface area contributed by atoms with Crippen molar-refractivity contribution in [2.75, 3.05) is 13.1 Å². The van der Waals surface area contributed by atoms with Gasteiger partial charge in [0.1, 0.15) is 0 Å². The zero-order valence-electron chi connectivity index (χ0n) is 11.4. The lowest BCUT2D eigenvalue weighted by Gasteiger charge is -2.19. The van der Waals surface area contributed by atoms with Crippen LogP contribution in [0.2, 0.25) is 0 Å². The first-order valence-corrected chi connectivity index (χ1v) is 6.46. The molecular weight excluding hydrogens is 238 g/mol. The Labute approximate surface area is 113 Å². The van der Waals surface area contributed by atoms with Crippen LogP contribution in [0, 0.1) is 0 Å². The first-order valence-electron chi connectivity index (χ1n) is 6.46. The van der Waals surface area contributed by atoms with Gasteiger partial charge in [-0.05, 0) is 36.4 Å². The fourth-order valence-electron chi connectivity index (χ4n) is 2.06. The molecule has 0 unspecified atom stereocenters.